The number of hydrogen-bond acceptors (Lipinski definition) is 5. The Morgan fingerprint density at radius 3 is 2.59 bits per heavy atom. The van der Waals surface area contributed by atoms with Gasteiger partial charge in [0.05, 0.1) is 5.92 Å². The lowest BCUT2D eigenvalue weighted by atomic mass is 9.97. The minimum Gasteiger partial charge on any atom is -0.346 e. The molecule has 2 aromatic heterocycles. The van der Waals surface area contributed by atoms with Crippen LogP contribution < -0.4 is 10.2 Å². The number of halogens is 1. The molecule has 6 nitrogen and oxygen atoms in total. The van der Waals surface area contributed by atoms with Crippen LogP contribution in [0.5, 0.6) is 0 Å². The first-order valence-corrected chi connectivity index (χ1v) is 10.9. The number of nitrogens with one attached hydrogen (secondary N) is 1. The quantitative estimate of drug-likeness (QED) is 0.649. The summed E-state index contributed by atoms with van der Waals surface area (Å²) in [5, 5.41) is 14.3. The van der Waals surface area contributed by atoms with Gasteiger partial charge in [-0.25, -0.2) is 0 Å². The van der Waals surface area contributed by atoms with Gasteiger partial charge < -0.3 is 10.2 Å². The van der Waals surface area contributed by atoms with Gasteiger partial charge in [0.1, 0.15) is 0 Å². The maximum Gasteiger partial charge on any atom is 0.229 e. The highest BCUT2D eigenvalue weighted by atomic mass is 35.5. The van der Waals surface area contributed by atoms with Crippen molar-refractivity contribution < 1.29 is 4.79 Å². The summed E-state index contributed by atoms with van der Waals surface area (Å²) in [4.78, 5) is 15.0. The van der Waals surface area contributed by atoms with Crippen LogP contribution in [0.2, 0.25) is 5.02 Å². The van der Waals surface area contributed by atoms with Gasteiger partial charge in [-0.05, 0) is 69.5 Å². The zero-order chi connectivity index (χ0) is 20.5. The molecular formula is C21H24ClN5OS. The Labute approximate surface area is 179 Å². The van der Waals surface area contributed by atoms with Crippen LogP contribution in [0.1, 0.15) is 29.8 Å². The van der Waals surface area contributed by atoms with Gasteiger partial charge in [-0.15, -0.1) is 10.2 Å². The average Bonchev–Trinajstić information content (AvgIpc) is 3.30. The SMILES string of the molecule is Cc1cc(Cl)ccc1NC(=O)[C@H]1CCCN(c2nnc(-n3c(C)ccc3C)s2)C1. The molecule has 1 saturated heterocycles. The van der Waals surface area contributed by atoms with Crippen molar-refractivity contribution in [2.45, 2.75) is 33.6 Å². The Hall–Kier alpha value is -2.38. The molecule has 0 unspecified atom stereocenters. The molecular weight excluding hydrogens is 406 g/mol. The molecule has 0 bridgehead atoms. The summed E-state index contributed by atoms with van der Waals surface area (Å²) >= 11 is 7.58. The highest BCUT2D eigenvalue weighted by molar-refractivity contribution is 7.17. The lowest BCUT2D eigenvalue weighted by Crippen LogP contribution is -2.40. The summed E-state index contributed by atoms with van der Waals surface area (Å²) in [6.45, 7) is 7.61. The summed E-state index contributed by atoms with van der Waals surface area (Å²) < 4.78 is 2.11. The van der Waals surface area contributed by atoms with Gasteiger partial charge in [0.25, 0.3) is 0 Å². The lowest BCUT2D eigenvalue weighted by molar-refractivity contribution is -0.120. The van der Waals surface area contributed by atoms with E-state index in [0.717, 1.165) is 52.3 Å². The largest absolute Gasteiger partial charge is 0.346 e. The fourth-order valence-corrected chi connectivity index (χ4v) is 4.99. The number of nitrogens with zero attached hydrogens (tertiary/aromatic N) is 4. The Balaban J connectivity index is 1.46. The first-order chi connectivity index (χ1) is 13.9. The van der Waals surface area contributed by atoms with Crippen molar-refractivity contribution in [2.24, 2.45) is 5.92 Å². The molecule has 0 radical (unpaired) electrons. The van der Waals surface area contributed by atoms with Crippen molar-refractivity contribution in [3.05, 3.63) is 52.3 Å². The third-order valence-electron chi connectivity index (χ3n) is 5.38. The first kappa shape index (κ1) is 19.9. The molecule has 1 fully saturated rings. The van der Waals surface area contributed by atoms with Crippen molar-refractivity contribution in [3.8, 4) is 5.13 Å². The lowest BCUT2D eigenvalue weighted by Gasteiger charge is -2.31. The molecule has 1 aliphatic rings. The van der Waals surface area contributed by atoms with Gasteiger partial charge in [0.15, 0.2) is 0 Å². The van der Waals surface area contributed by atoms with Crippen molar-refractivity contribution in [2.75, 3.05) is 23.3 Å². The number of rotatable bonds is 4. The number of hydrogen-bond donors (Lipinski definition) is 1. The molecule has 0 saturated carbocycles. The van der Waals surface area contributed by atoms with Gasteiger partial charge in [-0.2, -0.15) is 0 Å². The molecule has 1 aliphatic heterocycles. The number of piperidine rings is 1. The number of anilines is 2. The molecule has 3 heterocycles. The Bertz CT molecular complexity index is 1020. The second kappa shape index (κ2) is 8.16. The Morgan fingerprint density at radius 1 is 1.14 bits per heavy atom. The van der Waals surface area contributed by atoms with E-state index in [1.165, 1.54) is 0 Å². The molecule has 1 amide bonds. The van der Waals surface area contributed by atoms with Gasteiger partial charge >= 0.3 is 0 Å². The van der Waals surface area contributed by atoms with E-state index < -0.39 is 0 Å². The minimum atomic E-state index is -0.0822. The van der Waals surface area contributed by atoms with Crippen molar-refractivity contribution >= 4 is 39.7 Å². The fraction of sp³-hybridized carbons (Fsp3) is 0.381. The number of benzene rings is 1. The summed E-state index contributed by atoms with van der Waals surface area (Å²) in [5.41, 5.74) is 4.05. The molecule has 29 heavy (non-hydrogen) atoms. The van der Waals surface area contributed by atoms with E-state index in [2.05, 4.69) is 51.0 Å². The Morgan fingerprint density at radius 2 is 1.86 bits per heavy atom. The highest BCUT2D eigenvalue weighted by Gasteiger charge is 2.28. The van der Waals surface area contributed by atoms with Crippen LogP contribution in [0, 0.1) is 26.7 Å². The number of aromatic nitrogens is 3. The zero-order valence-corrected chi connectivity index (χ0v) is 18.3. The maximum atomic E-state index is 12.9. The van der Waals surface area contributed by atoms with Crippen LogP contribution in [-0.4, -0.2) is 33.8 Å². The van der Waals surface area contributed by atoms with E-state index in [1.54, 1.807) is 17.4 Å². The first-order valence-electron chi connectivity index (χ1n) is 9.73. The minimum absolute atomic E-state index is 0.0435. The van der Waals surface area contributed by atoms with Crippen molar-refractivity contribution in [1.82, 2.24) is 14.8 Å². The van der Waals surface area contributed by atoms with Crippen LogP contribution in [0.15, 0.2) is 30.3 Å². The van der Waals surface area contributed by atoms with E-state index in [-0.39, 0.29) is 11.8 Å². The molecule has 1 atom stereocenters. The predicted molar refractivity (Wildman–Crippen MR) is 118 cm³/mol. The molecule has 3 aromatic rings. The van der Waals surface area contributed by atoms with E-state index in [0.29, 0.717) is 11.6 Å². The molecule has 4 rings (SSSR count). The topological polar surface area (TPSA) is 63.1 Å². The molecule has 0 aliphatic carbocycles. The monoisotopic (exact) mass is 429 g/mol. The van der Waals surface area contributed by atoms with Crippen LogP contribution in [-0.2, 0) is 4.79 Å². The van der Waals surface area contributed by atoms with Crippen molar-refractivity contribution in [3.63, 3.8) is 0 Å². The fourth-order valence-electron chi connectivity index (χ4n) is 3.76. The van der Waals surface area contributed by atoms with Crippen LogP contribution in [0.3, 0.4) is 0 Å². The van der Waals surface area contributed by atoms with Gasteiger partial charge in [-0.1, -0.05) is 22.9 Å². The molecule has 1 N–H and O–H groups in total. The number of amides is 1. The average molecular weight is 430 g/mol. The van der Waals surface area contributed by atoms with Crippen LogP contribution in [0.4, 0.5) is 10.8 Å². The third kappa shape index (κ3) is 4.16. The maximum absolute atomic E-state index is 12.9. The smallest absolute Gasteiger partial charge is 0.229 e. The third-order valence-corrected chi connectivity index (χ3v) is 6.58. The summed E-state index contributed by atoms with van der Waals surface area (Å²) in [7, 11) is 0. The van der Waals surface area contributed by atoms with E-state index in [4.69, 9.17) is 11.6 Å². The zero-order valence-electron chi connectivity index (χ0n) is 16.8. The number of carbonyl (C=O) groups is 1. The predicted octanol–water partition coefficient (Wildman–Crippen LogP) is 4.76. The highest BCUT2D eigenvalue weighted by Crippen LogP contribution is 2.30. The van der Waals surface area contributed by atoms with Gasteiger partial charge in [0, 0.05) is 35.2 Å². The van der Waals surface area contributed by atoms with Crippen LogP contribution >= 0.6 is 22.9 Å². The van der Waals surface area contributed by atoms with E-state index in [9.17, 15) is 4.79 Å². The number of aryl methyl sites for hydroxylation is 3. The Kier molecular flexibility index (Phi) is 5.61. The van der Waals surface area contributed by atoms with Crippen LogP contribution in [0.25, 0.3) is 5.13 Å². The summed E-state index contributed by atoms with van der Waals surface area (Å²) in [6, 6.07) is 9.67. The standard InChI is InChI=1S/C21H24ClN5OS/c1-13-11-17(22)8-9-18(13)23-19(28)16-5-4-10-26(12-16)20-24-25-21(29-20)27-14(2)6-7-15(27)3/h6-9,11,16H,4-5,10,12H2,1-3H3,(H,23,28)/t16-/m0/s1. The molecule has 152 valence electrons. The summed E-state index contributed by atoms with van der Waals surface area (Å²) in [5.74, 6) is -0.0387. The van der Waals surface area contributed by atoms with E-state index in [1.807, 2.05) is 19.1 Å². The number of carbonyl (C=O) groups excluding carboxylic acids is 1. The van der Waals surface area contributed by atoms with Gasteiger partial charge in [0.2, 0.25) is 16.2 Å². The molecule has 1 aromatic carbocycles. The van der Waals surface area contributed by atoms with E-state index >= 15 is 0 Å². The summed E-state index contributed by atoms with van der Waals surface area (Å²) in [6.07, 6.45) is 1.82. The molecule has 0 spiro atoms. The normalized spacial score (nSPS) is 16.8. The second-order valence-electron chi connectivity index (χ2n) is 7.55. The van der Waals surface area contributed by atoms with Crippen molar-refractivity contribution in [1.29, 1.82) is 0 Å². The molecule has 8 heteroatoms. The second-order valence-corrected chi connectivity index (χ2v) is 8.92. The van der Waals surface area contributed by atoms with Gasteiger partial charge in [-0.3, -0.25) is 9.36 Å².